The molecular formula is C28H36FN3O6. The molecule has 0 aromatic heterocycles. The highest BCUT2D eigenvalue weighted by Gasteiger charge is 2.60. The van der Waals surface area contributed by atoms with E-state index in [0.717, 1.165) is 0 Å². The zero-order chi connectivity index (χ0) is 28.6. The molecule has 10 heteroatoms. The van der Waals surface area contributed by atoms with E-state index in [1.54, 1.807) is 19.0 Å². The third-order valence-electron chi connectivity index (χ3n) is 8.47. The number of fused-ring (bicyclic) bond motifs is 3. The lowest BCUT2D eigenvalue weighted by atomic mass is 9.57. The van der Waals surface area contributed by atoms with Crippen LogP contribution in [-0.4, -0.2) is 80.2 Å². The molecule has 3 aliphatic rings. The zero-order valence-electron chi connectivity index (χ0n) is 22.6. The molecule has 0 bridgehead atoms. The zero-order valence-corrected chi connectivity index (χ0v) is 22.6. The van der Waals surface area contributed by atoms with Crippen molar-refractivity contribution in [2.45, 2.75) is 57.3 Å². The average molecular weight is 530 g/mol. The number of primary amides is 1. The van der Waals surface area contributed by atoms with Gasteiger partial charge in [-0.3, -0.25) is 19.4 Å². The molecule has 0 aliphatic heterocycles. The van der Waals surface area contributed by atoms with Crippen molar-refractivity contribution in [1.82, 2.24) is 9.80 Å². The normalized spacial score (nSPS) is 27.6. The van der Waals surface area contributed by atoms with Crippen molar-refractivity contribution in [3.63, 3.8) is 0 Å². The van der Waals surface area contributed by atoms with Crippen molar-refractivity contribution in [3.8, 4) is 5.75 Å². The summed E-state index contributed by atoms with van der Waals surface area (Å²) in [5.74, 6) is -5.63. The number of aliphatic hydroxyl groups is 3. The molecule has 1 amide bonds. The van der Waals surface area contributed by atoms with Gasteiger partial charge in [0.25, 0.3) is 5.91 Å². The summed E-state index contributed by atoms with van der Waals surface area (Å²) in [7, 11) is 5.09. The van der Waals surface area contributed by atoms with Gasteiger partial charge >= 0.3 is 0 Å². The number of carbonyl (C=O) groups excluding carboxylic acids is 2. The molecule has 1 aromatic rings. The molecule has 9 nitrogen and oxygen atoms in total. The van der Waals surface area contributed by atoms with Crippen molar-refractivity contribution in [3.05, 3.63) is 63.4 Å². The highest BCUT2D eigenvalue weighted by atomic mass is 19.1. The molecular weight excluding hydrogens is 493 g/mol. The molecule has 1 aromatic carbocycles. The minimum atomic E-state index is -2.28. The number of hydrogen-bond donors (Lipinski definition) is 5. The van der Waals surface area contributed by atoms with Crippen LogP contribution in [0.25, 0.3) is 0 Å². The Morgan fingerprint density at radius 3 is 2.37 bits per heavy atom. The van der Waals surface area contributed by atoms with Crippen molar-refractivity contribution in [2.75, 3.05) is 21.1 Å². The Labute approximate surface area is 221 Å². The first-order valence-electron chi connectivity index (χ1n) is 12.5. The number of carbonyl (C=O) groups is 2. The van der Waals surface area contributed by atoms with E-state index in [1.165, 1.54) is 6.07 Å². The molecule has 206 valence electrons. The number of Topliss-reactive ketones (excluding diaryl/α,β-unsaturated/α-hetero) is 1. The van der Waals surface area contributed by atoms with Crippen LogP contribution in [0.2, 0.25) is 0 Å². The lowest BCUT2D eigenvalue weighted by Gasteiger charge is -2.52. The molecule has 4 atom stereocenters. The van der Waals surface area contributed by atoms with Gasteiger partial charge in [0.2, 0.25) is 0 Å². The van der Waals surface area contributed by atoms with Crippen LogP contribution in [0.3, 0.4) is 0 Å². The van der Waals surface area contributed by atoms with Crippen LogP contribution in [-0.2, 0) is 17.8 Å². The van der Waals surface area contributed by atoms with Crippen LogP contribution in [0.4, 0.5) is 4.39 Å². The Bertz CT molecular complexity index is 1320. The van der Waals surface area contributed by atoms with Crippen molar-refractivity contribution in [1.29, 1.82) is 0 Å². The molecule has 0 unspecified atom stereocenters. The Balaban J connectivity index is 1.89. The van der Waals surface area contributed by atoms with E-state index in [4.69, 9.17) is 5.73 Å². The Kier molecular flexibility index (Phi) is 6.54. The molecule has 0 saturated heterocycles. The number of halogens is 1. The Hall–Kier alpha value is -3.21. The molecule has 4 rings (SSSR count). The van der Waals surface area contributed by atoms with Crippen LogP contribution in [0.5, 0.6) is 5.75 Å². The van der Waals surface area contributed by atoms with Gasteiger partial charge in [0.1, 0.15) is 23.1 Å². The number of amides is 1. The highest BCUT2D eigenvalue weighted by Crippen LogP contribution is 2.55. The Morgan fingerprint density at radius 1 is 1.24 bits per heavy atom. The summed E-state index contributed by atoms with van der Waals surface area (Å²) in [6, 6.07) is 0.276. The fourth-order valence-corrected chi connectivity index (χ4v) is 6.13. The van der Waals surface area contributed by atoms with Crippen LogP contribution >= 0.6 is 0 Å². The molecule has 3 aliphatic carbocycles. The third-order valence-corrected chi connectivity index (χ3v) is 8.47. The summed E-state index contributed by atoms with van der Waals surface area (Å²) in [5.41, 5.74) is 2.04. The number of aliphatic hydroxyl groups excluding tert-OH is 2. The van der Waals surface area contributed by atoms with E-state index in [1.807, 2.05) is 32.7 Å². The number of phenols is 1. The summed E-state index contributed by atoms with van der Waals surface area (Å²) < 4.78 is 15.9. The summed E-state index contributed by atoms with van der Waals surface area (Å²) in [5, 5.41) is 45.1. The number of aromatic hydroxyl groups is 1. The summed E-state index contributed by atoms with van der Waals surface area (Å²) in [4.78, 5) is 29.4. The number of allylic oxidation sites excluding steroid dienone is 1. The highest BCUT2D eigenvalue weighted by molar-refractivity contribution is 6.13. The first-order chi connectivity index (χ1) is 17.4. The van der Waals surface area contributed by atoms with Crippen LogP contribution in [0, 0.1) is 17.7 Å². The van der Waals surface area contributed by atoms with E-state index < -0.39 is 63.8 Å². The number of likely N-dealkylation sites (N-methyl/N-ethyl adjacent to an activating group) is 1. The quantitative estimate of drug-likeness (QED) is 0.400. The third kappa shape index (κ3) is 3.85. The second kappa shape index (κ2) is 8.93. The number of nitrogens with two attached hydrogens (primary N) is 1. The minimum absolute atomic E-state index is 0.0146. The lowest BCUT2D eigenvalue weighted by molar-refractivity contribution is -0.115. The maximum Gasteiger partial charge on any atom is 0.252 e. The van der Waals surface area contributed by atoms with E-state index in [-0.39, 0.29) is 52.8 Å². The number of benzene rings is 1. The van der Waals surface area contributed by atoms with Crippen molar-refractivity contribution >= 4 is 11.7 Å². The van der Waals surface area contributed by atoms with Gasteiger partial charge in [0, 0.05) is 40.3 Å². The second-order valence-electron chi connectivity index (χ2n) is 11.9. The number of phenolic OH excluding ortho intramolecular Hbond substituents is 1. The maximum absolute atomic E-state index is 15.9. The fourth-order valence-electron chi connectivity index (χ4n) is 6.13. The van der Waals surface area contributed by atoms with Crippen molar-refractivity contribution in [2.24, 2.45) is 17.6 Å². The monoisotopic (exact) mass is 529 g/mol. The predicted molar refractivity (Wildman–Crippen MR) is 139 cm³/mol. The smallest absolute Gasteiger partial charge is 0.252 e. The van der Waals surface area contributed by atoms with Gasteiger partial charge in [0.05, 0.1) is 17.2 Å². The van der Waals surface area contributed by atoms with Gasteiger partial charge in [-0.15, -0.1) is 0 Å². The molecule has 0 radical (unpaired) electrons. The first kappa shape index (κ1) is 27.8. The van der Waals surface area contributed by atoms with Crippen LogP contribution in [0.1, 0.15) is 48.7 Å². The fraction of sp³-hybridized carbons (Fsp3) is 0.500. The summed E-state index contributed by atoms with van der Waals surface area (Å²) >= 11 is 0. The number of rotatable bonds is 4. The number of ketones is 1. The lowest BCUT2D eigenvalue weighted by Crippen LogP contribution is -2.60. The molecule has 0 saturated carbocycles. The maximum atomic E-state index is 15.9. The van der Waals surface area contributed by atoms with Crippen LogP contribution in [0.15, 0.2) is 40.9 Å². The van der Waals surface area contributed by atoms with E-state index in [9.17, 15) is 30.0 Å². The average Bonchev–Trinajstić information content (AvgIpc) is 2.78. The molecule has 0 fully saturated rings. The molecule has 38 heavy (non-hydrogen) atoms. The SMILES string of the molecule is C=C1C(C(N)=O)=C(O)[C@@H](N(C)C)[C@@H]2C[C@@H]3Cc4c(F)c(CN(C)C(C)(C)C)cc(O)c4C(=O)C3=C(O)[C@]12O. The molecule has 6 N–H and O–H groups in total. The second-order valence-corrected chi connectivity index (χ2v) is 11.9. The van der Waals surface area contributed by atoms with E-state index in [0.29, 0.717) is 0 Å². The Morgan fingerprint density at radius 2 is 1.84 bits per heavy atom. The number of nitrogens with zero attached hydrogens (tertiary/aromatic N) is 2. The van der Waals surface area contributed by atoms with E-state index in [2.05, 4.69) is 6.58 Å². The van der Waals surface area contributed by atoms with Gasteiger partial charge in [-0.25, -0.2) is 4.39 Å². The first-order valence-corrected chi connectivity index (χ1v) is 12.5. The molecule has 0 spiro atoms. The van der Waals surface area contributed by atoms with Crippen molar-refractivity contribution < 1.29 is 34.4 Å². The summed E-state index contributed by atoms with van der Waals surface area (Å²) in [6.45, 7) is 9.88. The standard InChI is InChI=1S/C28H36FN3O6/c1-12-18(26(30)37)24(35)22(31(5)6)16-9-13-8-15-20(23(34)19(13)25(36)28(12,16)38)17(33)10-14(21(15)29)11-32(7)27(2,3)4/h10,13,16,22,33,35-36,38H,1,8-9,11H2,2-7H3,(H2,30,37)/t13-,16-,22-,28-/m0/s1. The van der Waals surface area contributed by atoms with Gasteiger partial charge < -0.3 is 26.2 Å². The molecule has 0 heterocycles. The van der Waals surface area contributed by atoms with Gasteiger partial charge in [-0.1, -0.05) is 6.58 Å². The van der Waals surface area contributed by atoms with Crippen LogP contribution < -0.4 is 5.73 Å². The van der Waals surface area contributed by atoms with Gasteiger partial charge in [-0.2, -0.15) is 0 Å². The van der Waals surface area contributed by atoms with Gasteiger partial charge in [0.15, 0.2) is 11.4 Å². The van der Waals surface area contributed by atoms with Gasteiger partial charge in [-0.05, 0) is 66.7 Å². The topological polar surface area (TPSA) is 148 Å². The number of hydrogen-bond acceptors (Lipinski definition) is 8. The predicted octanol–water partition coefficient (Wildman–Crippen LogP) is 2.48. The summed E-state index contributed by atoms with van der Waals surface area (Å²) in [6.07, 6.45) is 0.0463. The minimum Gasteiger partial charge on any atom is -0.510 e. The largest absolute Gasteiger partial charge is 0.510 e. The van der Waals surface area contributed by atoms with E-state index >= 15 is 4.39 Å².